The van der Waals surface area contributed by atoms with Gasteiger partial charge in [0.25, 0.3) is 0 Å². The summed E-state index contributed by atoms with van der Waals surface area (Å²) in [6, 6.07) is 5.89. The molecule has 12 heteroatoms. The second kappa shape index (κ2) is 13.0. The minimum Gasteiger partial charge on any atom is -0.494 e. The molecule has 4 atom stereocenters. The van der Waals surface area contributed by atoms with Crippen molar-refractivity contribution in [1.82, 2.24) is 9.29 Å². The van der Waals surface area contributed by atoms with E-state index in [1.54, 1.807) is 32.2 Å². The first-order valence-corrected chi connectivity index (χ1v) is 15.6. The molecule has 1 saturated carbocycles. The van der Waals surface area contributed by atoms with E-state index in [4.69, 9.17) is 4.74 Å². The van der Waals surface area contributed by atoms with Crippen LogP contribution in [0.25, 0.3) is 0 Å². The number of hydrogen-bond donors (Lipinski definition) is 2. The van der Waals surface area contributed by atoms with Crippen molar-refractivity contribution in [2.45, 2.75) is 72.0 Å². The molecule has 4 unspecified atom stereocenters. The van der Waals surface area contributed by atoms with Crippen molar-refractivity contribution < 1.29 is 31.1 Å². The summed E-state index contributed by atoms with van der Waals surface area (Å²) in [4.78, 5) is 15.9. The number of benzene rings is 1. The first kappa shape index (κ1) is 32.7. The number of sulfonamides is 1. The summed E-state index contributed by atoms with van der Waals surface area (Å²) in [7, 11) is -0.352. The number of pyridine rings is 1. The Labute approximate surface area is 241 Å². The molecular weight excluding hydrogens is 557 g/mol. The molecule has 0 bridgehead atoms. The van der Waals surface area contributed by atoms with E-state index in [0.29, 0.717) is 22.7 Å². The predicted molar refractivity (Wildman–Crippen MR) is 155 cm³/mol. The maximum absolute atomic E-state index is 14.2. The van der Waals surface area contributed by atoms with Gasteiger partial charge in [-0.3, -0.25) is 4.79 Å². The monoisotopic (exact) mass is 598 g/mol. The number of amides is 1. The van der Waals surface area contributed by atoms with Gasteiger partial charge in [0, 0.05) is 31.8 Å². The Morgan fingerprint density at radius 3 is 2.44 bits per heavy atom. The average Bonchev–Trinajstić information content (AvgIpc) is 2.88. The third kappa shape index (κ3) is 8.12. The number of aromatic nitrogens is 1. The molecule has 1 amide bonds. The van der Waals surface area contributed by atoms with Crippen LogP contribution < -0.4 is 15.4 Å². The van der Waals surface area contributed by atoms with E-state index in [1.807, 2.05) is 13.8 Å². The molecule has 8 nitrogen and oxygen atoms in total. The molecule has 1 aromatic heterocycles. The molecule has 41 heavy (non-hydrogen) atoms. The zero-order valence-electron chi connectivity index (χ0n) is 24.7. The van der Waals surface area contributed by atoms with Crippen molar-refractivity contribution in [1.29, 1.82) is 0 Å². The molecule has 0 aliphatic heterocycles. The molecule has 2 aromatic rings. The zero-order valence-corrected chi connectivity index (χ0v) is 25.5. The lowest BCUT2D eigenvalue weighted by molar-refractivity contribution is -0.138. The Hall–Kier alpha value is -2.86. The lowest BCUT2D eigenvalue weighted by Gasteiger charge is -2.41. The molecule has 1 aliphatic rings. The van der Waals surface area contributed by atoms with E-state index in [2.05, 4.69) is 15.6 Å². The molecule has 1 heterocycles. The number of ether oxygens (including phenoxy) is 1. The molecule has 0 saturated heterocycles. The second-order valence-corrected chi connectivity index (χ2v) is 13.2. The summed E-state index contributed by atoms with van der Waals surface area (Å²) >= 11 is 0. The topological polar surface area (TPSA) is 101 Å². The minimum atomic E-state index is -4.58. The van der Waals surface area contributed by atoms with E-state index < -0.39 is 21.8 Å². The maximum atomic E-state index is 14.2. The minimum absolute atomic E-state index is 0.0318. The molecule has 1 aromatic carbocycles. The summed E-state index contributed by atoms with van der Waals surface area (Å²) in [5, 5.41) is 5.77. The highest BCUT2D eigenvalue weighted by molar-refractivity contribution is 7.88. The van der Waals surface area contributed by atoms with Crippen molar-refractivity contribution in [2.24, 2.45) is 17.8 Å². The number of methoxy groups -OCH3 is 1. The van der Waals surface area contributed by atoms with Gasteiger partial charge in [0.1, 0.15) is 11.6 Å². The maximum Gasteiger partial charge on any atom is 0.418 e. The quantitative estimate of drug-likeness (QED) is 0.329. The van der Waals surface area contributed by atoms with Crippen molar-refractivity contribution >= 4 is 33.1 Å². The highest BCUT2D eigenvalue weighted by Crippen LogP contribution is 2.40. The largest absolute Gasteiger partial charge is 0.494 e. The Morgan fingerprint density at radius 2 is 1.85 bits per heavy atom. The third-order valence-electron chi connectivity index (χ3n) is 8.23. The van der Waals surface area contributed by atoms with E-state index >= 15 is 0 Å². The molecule has 3 rings (SSSR count). The van der Waals surface area contributed by atoms with Crippen LogP contribution in [0.1, 0.15) is 63.3 Å². The first-order chi connectivity index (χ1) is 19.0. The van der Waals surface area contributed by atoms with Gasteiger partial charge in [-0.1, -0.05) is 26.7 Å². The summed E-state index contributed by atoms with van der Waals surface area (Å²) in [5.74, 6) is 0.226. The van der Waals surface area contributed by atoms with Crippen molar-refractivity contribution in [3.63, 3.8) is 0 Å². The highest BCUT2D eigenvalue weighted by Gasteiger charge is 2.39. The standard InChI is InChI=1S/C29H41F3N4O4S/c1-17(19(3)22-10-8-9-11-26(22)36(5)41(7,38)39)15-25-23(29(30,31)32)14-18(2)28(35-25)34-21-12-13-24(33-20(4)37)27(16-21)40-6/h12-14,16-17,19,22,26H,8-11,15H2,1-7H3,(H,33,37)(H,34,35). The smallest absolute Gasteiger partial charge is 0.418 e. The number of carbonyl (C=O) groups excluding carboxylic acids is 1. The molecule has 1 aliphatic carbocycles. The molecule has 1 fully saturated rings. The number of nitrogens with zero attached hydrogens (tertiary/aromatic N) is 2. The van der Waals surface area contributed by atoms with E-state index in [9.17, 15) is 26.4 Å². The van der Waals surface area contributed by atoms with Gasteiger partial charge >= 0.3 is 6.18 Å². The van der Waals surface area contributed by atoms with Gasteiger partial charge in [-0.05, 0) is 67.7 Å². The van der Waals surface area contributed by atoms with Gasteiger partial charge in [-0.2, -0.15) is 13.2 Å². The number of hydrogen-bond acceptors (Lipinski definition) is 6. The fourth-order valence-corrected chi connectivity index (χ4v) is 6.49. The van der Waals surface area contributed by atoms with Gasteiger partial charge in [-0.15, -0.1) is 0 Å². The highest BCUT2D eigenvalue weighted by atomic mass is 32.2. The number of anilines is 3. The van der Waals surface area contributed by atoms with Crippen LogP contribution in [0.5, 0.6) is 5.75 Å². The number of halogens is 3. The van der Waals surface area contributed by atoms with Crippen LogP contribution in [-0.2, 0) is 27.4 Å². The van der Waals surface area contributed by atoms with Crippen molar-refractivity contribution in [3.8, 4) is 5.75 Å². The predicted octanol–water partition coefficient (Wildman–Crippen LogP) is 6.38. The lowest BCUT2D eigenvalue weighted by Crippen LogP contribution is -2.46. The molecule has 0 radical (unpaired) electrons. The number of aryl methyl sites for hydroxylation is 1. The Bertz CT molecular complexity index is 1350. The van der Waals surface area contributed by atoms with Crippen molar-refractivity contribution in [3.05, 3.63) is 41.1 Å². The van der Waals surface area contributed by atoms with Crippen LogP contribution in [0.4, 0.5) is 30.4 Å². The van der Waals surface area contributed by atoms with E-state index in [1.165, 1.54) is 24.6 Å². The van der Waals surface area contributed by atoms with E-state index in [0.717, 1.165) is 31.7 Å². The summed E-state index contributed by atoms with van der Waals surface area (Å²) in [5.41, 5.74) is 0.497. The fourth-order valence-electron chi connectivity index (χ4n) is 5.74. The van der Waals surface area contributed by atoms with Crippen LogP contribution in [0.3, 0.4) is 0 Å². The van der Waals surface area contributed by atoms with Crippen LogP contribution in [0.2, 0.25) is 0 Å². The Morgan fingerprint density at radius 1 is 1.20 bits per heavy atom. The number of carbonyl (C=O) groups is 1. The SMILES string of the molecule is COc1cc(Nc2nc(CC(C)C(C)C3CCCCC3N(C)S(C)(=O)=O)c(C(F)(F)F)cc2C)ccc1NC(C)=O. The number of alkyl halides is 3. The molecule has 228 valence electrons. The molecular formula is C29H41F3N4O4S. The summed E-state index contributed by atoms with van der Waals surface area (Å²) < 4.78 is 73.8. The van der Waals surface area contributed by atoms with Gasteiger partial charge in [-0.25, -0.2) is 17.7 Å². The summed E-state index contributed by atoms with van der Waals surface area (Å²) in [6.07, 6.45) is 0.141. The zero-order chi connectivity index (χ0) is 30.7. The molecule has 0 spiro atoms. The van der Waals surface area contributed by atoms with Crippen LogP contribution in [-0.4, -0.2) is 50.1 Å². The van der Waals surface area contributed by atoms with Gasteiger partial charge < -0.3 is 15.4 Å². The van der Waals surface area contributed by atoms with Gasteiger partial charge in [0.15, 0.2) is 0 Å². The molecule has 2 N–H and O–H groups in total. The normalized spacial score (nSPS) is 19.5. The average molecular weight is 599 g/mol. The van der Waals surface area contributed by atoms with Gasteiger partial charge in [0.05, 0.1) is 30.3 Å². The first-order valence-electron chi connectivity index (χ1n) is 13.8. The fraction of sp³-hybridized carbons (Fsp3) is 0.586. The lowest BCUT2D eigenvalue weighted by atomic mass is 9.71. The van der Waals surface area contributed by atoms with Crippen molar-refractivity contribution in [2.75, 3.05) is 31.0 Å². The van der Waals surface area contributed by atoms with Gasteiger partial charge in [0.2, 0.25) is 15.9 Å². The second-order valence-electron chi connectivity index (χ2n) is 11.2. The van der Waals surface area contributed by atoms with E-state index in [-0.39, 0.29) is 47.6 Å². The number of nitrogens with one attached hydrogen (secondary N) is 2. The Balaban J connectivity index is 1.92. The Kier molecular flexibility index (Phi) is 10.3. The third-order valence-corrected chi connectivity index (χ3v) is 9.55. The number of rotatable bonds is 10. The van der Waals surface area contributed by atoms with Crippen LogP contribution >= 0.6 is 0 Å². The van der Waals surface area contributed by atoms with Crippen LogP contribution in [0, 0.1) is 24.7 Å². The summed E-state index contributed by atoms with van der Waals surface area (Å²) in [6.45, 7) is 6.87. The van der Waals surface area contributed by atoms with Crippen LogP contribution in [0.15, 0.2) is 24.3 Å².